The summed E-state index contributed by atoms with van der Waals surface area (Å²) >= 11 is 0. The van der Waals surface area contributed by atoms with Crippen LogP contribution in [0.5, 0.6) is 0 Å². The molecule has 0 spiro atoms. The number of carbonyl (C=O) groups is 1. The number of nitrogens with zero attached hydrogens (tertiary/aromatic N) is 2. The number of hydrogen-bond donors (Lipinski definition) is 3. The predicted molar refractivity (Wildman–Crippen MR) is 106 cm³/mol. The number of aryl methyl sites for hydroxylation is 1. The molecule has 1 atom stereocenters. The van der Waals surface area contributed by atoms with Crippen molar-refractivity contribution in [3.8, 4) is 0 Å². The molecule has 27 heavy (non-hydrogen) atoms. The van der Waals surface area contributed by atoms with E-state index in [2.05, 4.69) is 34.3 Å². The molecule has 6 heteroatoms. The van der Waals surface area contributed by atoms with Gasteiger partial charge < -0.3 is 10.3 Å². The molecule has 0 bridgehead atoms. The van der Waals surface area contributed by atoms with Crippen LogP contribution < -0.4 is 5.32 Å². The van der Waals surface area contributed by atoms with Crippen LogP contribution in [0.2, 0.25) is 0 Å². The first-order valence-corrected chi connectivity index (χ1v) is 9.93. The number of aromatic nitrogens is 4. The molecule has 1 aliphatic rings. The van der Waals surface area contributed by atoms with E-state index >= 15 is 0 Å². The van der Waals surface area contributed by atoms with Crippen molar-refractivity contribution in [1.29, 1.82) is 0 Å². The molecule has 4 rings (SSSR count). The Morgan fingerprint density at radius 3 is 2.81 bits per heavy atom. The number of nitrogens with one attached hydrogen (secondary N) is 3. The Morgan fingerprint density at radius 2 is 2.00 bits per heavy atom. The lowest BCUT2D eigenvalue weighted by Gasteiger charge is -2.18. The minimum absolute atomic E-state index is 0.111. The van der Waals surface area contributed by atoms with Crippen LogP contribution in [0.1, 0.15) is 73.1 Å². The number of para-hydroxylation sites is 2. The Hall–Kier alpha value is -2.63. The zero-order valence-corrected chi connectivity index (χ0v) is 16.0. The summed E-state index contributed by atoms with van der Waals surface area (Å²) in [5.74, 6) is 1.13. The predicted octanol–water partition coefficient (Wildman–Crippen LogP) is 4.07. The Bertz CT molecular complexity index is 906. The summed E-state index contributed by atoms with van der Waals surface area (Å²) in [6, 6.07) is 7.79. The quantitative estimate of drug-likeness (QED) is 0.596. The molecule has 6 nitrogen and oxygen atoms in total. The van der Waals surface area contributed by atoms with E-state index in [1.807, 2.05) is 24.3 Å². The number of H-pyrrole nitrogens is 2. The van der Waals surface area contributed by atoms with Crippen molar-refractivity contribution < 1.29 is 4.79 Å². The van der Waals surface area contributed by atoms with Gasteiger partial charge in [-0.1, -0.05) is 32.4 Å². The van der Waals surface area contributed by atoms with Crippen LogP contribution in [-0.4, -0.2) is 26.1 Å². The lowest BCUT2D eigenvalue weighted by molar-refractivity contribution is 0.0924. The maximum atomic E-state index is 13.0. The van der Waals surface area contributed by atoms with E-state index < -0.39 is 0 Å². The normalized spacial score (nSPS) is 15.5. The van der Waals surface area contributed by atoms with Crippen molar-refractivity contribution >= 4 is 16.9 Å². The molecular weight excluding hydrogens is 338 g/mol. The highest BCUT2D eigenvalue weighted by atomic mass is 16.2. The number of benzene rings is 1. The van der Waals surface area contributed by atoms with Crippen molar-refractivity contribution in [2.24, 2.45) is 5.92 Å². The van der Waals surface area contributed by atoms with Crippen LogP contribution in [0, 0.1) is 5.92 Å². The summed E-state index contributed by atoms with van der Waals surface area (Å²) in [6.45, 7) is 4.31. The van der Waals surface area contributed by atoms with E-state index in [9.17, 15) is 4.79 Å². The summed E-state index contributed by atoms with van der Waals surface area (Å²) in [7, 11) is 0. The number of rotatable bonds is 5. The van der Waals surface area contributed by atoms with Gasteiger partial charge in [0.25, 0.3) is 5.91 Å². The van der Waals surface area contributed by atoms with E-state index in [-0.39, 0.29) is 11.9 Å². The van der Waals surface area contributed by atoms with Crippen molar-refractivity contribution in [2.75, 3.05) is 0 Å². The molecule has 0 fully saturated rings. The molecule has 1 amide bonds. The summed E-state index contributed by atoms with van der Waals surface area (Å²) in [4.78, 5) is 21.1. The second-order valence-electron chi connectivity index (χ2n) is 7.88. The molecule has 0 unspecified atom stereocenters. The molecule has 142 valence electrons. The van der Waals surface area contributed by atoms with Crippen LogP contribution in [0.25, 0.3) is 11.0 Å². The van der Waals surface area contributed by atoms with Crippen LogP contribution in [-0.2, 0) is 12.8 Å². The Labute approximate surface area is 159 Å². The number of imidazole rings is 1. The Kier molecular flexibility index (Phi) is 4.97. The van der Waals surface area contributed by atoms with E-state index in [4.69, 9.17) is 4.98 Å². The molecule has 3 N–H and O–H groups in total. The van der Waals surface area contributed by atoms with Crippen LogP contribution in [0.15, 0.2) is 24.3 Å². The number of carbonyl (C=O) groups excluding carboxylic acids is 1. The SMILES string of the molecule is CC(C)C[C@@H](NC(=O)c1n[nH]c2c1CCCCC2)c1nc2ccccc2[nH]1. The van der Waals surface area contributed by atoms with E-state index in [0.717, 1.165) is 60.2 Å². The zero-order valence-electron chi connectivity index (χ0n) is 16.0. The van der Waals surface area contributed by atoms with E-state index in [0.29, 0.717) is 11.6 Å². The van der Waals surface area contributed by atoms with Gasteiger partial charge in [-0.05, 0) is 50.2 Å². The van der Waals surface area contributed by atoms with Crippen LogP contribution in [0.4, 0.5) is 0 Å². The zero-order chi connectivity index (χ0) is 18.8. The average molecular weight is 365 g/mol. The molecule has 0 saturated carbocycles. The third-order valence-electron chi connectivity index (χ3n) is 5.27. The largest absolute Gasteiger partial charge is 0.341 e. The van der Waals surface area contributed by atoms with Gasteiger partial charge in [-0.2, -0.15) is 5.10 Å². The molecule has 0 saturated heterocycles. The van der Waals surface area contributed by atoms with Gasteiger partial charge in [0.15, 0.2) is 5.69 Å². The molecule has 3 aromatic rings. The first-order chi connectivity index (χ1) is 13.1. The summed E-state index contributed by atoms with van der Waals surface area (Å²) in [5, 5.41) is 10.6. The van der Waals surface area contributed by atoms with Crippen molar-refractivity contribution in [1.82, 2.24) is 25.5 Å². The highest BCUT2D eigenvalue weighted by molar-refractivity contribution is 5.94. The monoisotopic (exact) mass is 365 g/mol. The summed E-state index contributed by atoms with van der Waals surface area (Å²) < 4.78 is 0. The maximum absolute atomic E-state index is 13.0. The number of fused-ring (bicyclic) bond motifs is 2. The minimum Gasteiger partial charge on any atom is -0.341 e. The van der Waals surface area contributed by atoms with E-state index in [1.165, 1.54) is 6.42 Å². The minimum atomic E-state index is -0.164. The summed E-state index contributed by atoms with van der Waals surface area (Å²) in [6.07, 6.45) is 6.20. The Balaban J connectivity index is 1.60. The molecule has 2 aromatic heterocycles. The van der Waals surface area contributed by atoms with Crippen molar-refractivity contribution in [2.45, 2.75) is 58.4 Å². The van der Waals surface area contributed by atoms with Crippen molar-refractivity contribution in [3.05, 3.63) is 47.0 Å². The molecule has 2 heterocycles. The first-order valence-electron chi connectivity index (χ1n) is 9.93. The van der Waals surface area contributed by atoms with Gasteiger partial charge >= 0.3 is 0 Å². The van der Waals surface area contributed by atoms with Gasteiger partial charge in [-0.25, -0.2) is 4.98 Å². The van der Waals surface area contributed by atoms with Gasteiger partial charge in [0.05, 0.1) is 17.1 Å². The lowest BCUT2D eigenvalue weighted by Crippen LogP contribution is -2.31. The second-order valence-corrected chi connectivity index (χ2v) is 7.88. The fourth-order valence-electron chi connectivity index (χ4n) is 3.92. The average Bonchev–Trinajstić information content (AvgIpc) is 3.18. The number of amides is 1. The second kappa shape index (κ2) is 7.55. The number of hydrogen-bond acceptors (Lipinski definition) is 3. The fourth-order valence-corrected chi connectivity index (χ4v) is 3.92. The fraction of sp³-hybridized carbons (Fsp3) is 0.476. The van der Waals surface area contributed by atoms with Gasteiger partial charge in [-0.15, -0.1) is 0 Å². The highest BCUT2D eigenvalue weighted by Crippen LogP contribution is 2.25. The summed E-state index contributed by atoms with van der Waals surface area (Å²) in [5.41, 5.74) is 4.68. The van der Waals surface area contributed by atoms with Crippen molar-refractivity contribution in [3.63, 3.8) is 0 Å². The molecule has 1 aliphatic carbocycles. The molecule has 0 aliphatic heterocycles. The maximum Gasteiger partial charge on any atom is 0.272 e. The molecular formula is C21H27N5O. The van der Waals surface area contributed by atoms with E-state index in [1.54, 1.807) is 0 Å². The molecule has 1 aromatic carbocycles. The van der Waals surface area contributed by atoms with Gasteiger partial charge in [0, 0.05) is 11.3 Å². The third-order valence-corrected chi connectivity index (χ3v) is 5.27. The van der Waals surface area contributed by atoms with Crippen LogP contribution in [0.3, 0.4) is 0 Å². The first kappa shape index (κ1) is 17.8. The van der Waals surface area contributed by atoms with Gasteiger partial charge in [0.2, 0.25) is 0 Å². The van der Waals surface area contributed by atoms with Gasteiger partial charge in [0.1, 0.15) is 5.82 Å². The lowest BCUT2D eigenvalue weighted by atomic mass is 10.0. The third kappa shape index (κ3) is 3.75. The standard InChI is InChI=1S/C21H27N5O/c1-13(2)12-18(20-22-16-10-6-7-11-17(16)23-20)24-21(27)19-14-8-4-3-5-9-15(14)25-26-19/h6-7,10-11,13,18H,3-5,8-9,12H2,1-2H3,(H,22,23)(H,24,27)(H,25,26)/t18-/m1/s1. The Morgan fingerprint density at radius 1 is 1.19 bits per heavy atom. The smallest absolute Gasteiger partial charge is 0.272 e. The molecule has 0 radical (unpaired) electrons. The topological polar surface area (TPSA) is 86.5 Å². The number of aromatic amines is 2. The highest BCUT2D eigenvalue weighted by Gasteiger charge is 2.25. The van der Waals surface area contributed by atoms with Gasteiger partial charge in [-0.3, -0.25) is 9.89 Å². The van der Waals surface area contributed by atoms with Crippen LogP contribution >= 0.6 is 0 Å².